The molecule has 1 atom stereocenters. The lowest BCUT2D eigenvalue weighted by Crippen LogP contribution is -2.23. The fourth-order valence-corrected chi connectivity index (χ4v) is 2.80. The van der Waals surface area contributed by atoms with E-state index in [0.29, 0.717) is 9.72 Å². The van der Waals surface area contributed by atoms with Gasteiger partial charge in [0.05, 0.1) is 4.90 Å². The third-order valence-corrected chi connectivity index (χ3v) is 6.58. The zero-order valence-electron chi connectivity index (χ0n) is 12.1. The topological polar surface area (TPSA) is 37.4 Å². The molecule has 0 aromatic heterocycles. The first-order valence-corrected chi connectivity index (χ1v) is 8.56. The summed E-state index contributed by atoms with van der Waals surface area (Å²) in [4.78, 5) is 0.694. The first-order chi connectivity index (χ1) is 8.55. The number of halogens is 1. The van der Waals surface area contributed by atoms with Gasteiger partial charge in [0, 0.05) is 18.9 Å². The van der Waals surface area contributed by atoms with E-state index in [4.69, 9.17) is 0 Å². The molecule has 5 heteroatoms. The summed E-state index contributed by atoms with van der Waals surface area (Å²) in [5, 5.41) is 0. The van der Waals surface area contributed by atoms with E-state index in [1.54, 1.807) is 12.1 Å². The molecule has 0 radical (unpaired) electrons. The van der Waals surface area contributed by atoms with Gasteiger partial charge in [-0.3, -0.25) is 0 Å². The van der Waals surface area contributed by atoms with E-state index < -0.39 is 10.0 Å². The molecule has 0 heterocycles. The van der Waals surface area contributed by atoms with Crippen molar-refractivity contribution in [3.8, 4) is 0 Å². The van der Waals surface area contributed by atoms with Crippen LogP contribution in [0.3, 0.4) is 0 Å². The molecular weight excluding hydrogens is 326 g/mol. The molecule has 0 N–H and O–H groups in total. The quantitative estimate of drug-likeness (QED) is 0.783. The van der Waals surface area contributed by atoms with E-state index in [-0.39, 0.29) is 5.41 Å². The second-order valence-electron chi connectivity index (χ2n) is 5.97. The Morgan fingerprint density at radius 3 is 2.00 bits per heavy atom. The van der Waals surface area contributed by atoms with Gasteiger partial charge in [0.15, 0.2) is 0 Å². The summed E-state index contributed by atoms with van der Waals surface area (Å²) in [6.07, 6.45) is 0.881. The van der Waals surface area contributed by atoms with Gasteiger partial charge in [-0.15, -0.1) is 0 Å². The predicted octanol–water partition coefficient (Wildman–Crippen LogP) is 3.29. The van der Waals surface area contributed by atoms with Crippen LogP contribution in [0.4, 0.5) is 0 Å². The van der Waals surface area contributed by atoms with Gasteiger partial charge in [-0.2, -0.15) is 0 Å². The van der Waals surface area contributed by atoms with E-state index in [2.05, 4.69) is 36.7 Å². The van der Waals surface area contributed by atoms with Gasteiger partial charge in [0.25, 0.3) is 0 Å². The van der Waals surface area contributed by atoms with E-state index in [1.807, 2.05) is 12.1 Å². The van der Waals surface area contributed by atoms with Crippen molar-refractivity contribution in [1.29, 1.82) is 0 Å². The molecular formula is C14H22BrNO2S. The van der Waals surface area contributed by atoms with Crippen molar-refractivity contribution in [2.24, 2.45) is 5.41 Å². The first kappa shape index (κ1) is 16.7. The van der Waals surface area contributed by atoms with Gasteiger partial charge in [0.1, 0.15) is 0 Å². The Morgan fingerprint density at radius 2 is 1.63 bits per heavy atom. The van der Waals surface area contributed by atoms with Crippen LogP contribution < -0.4 is 0 Å². The fraction of sp³-hybridized carbons (Fsp3) is 0.571. The highest BCUT2D eigenvalue weighted by Gasteiger charge is 2.22. The summed E-state index contributed by atoms with van der Waals surface area (Å²) in [7, 11) is -0.251. The zero-order chi connectivity index (χ0) is 14.8. The molecule has 1 aromatic carbocycles. The molecule has 0 bridgehead atoms. The molecule has 1 unspecified atom stereocenters. The van der Waals surface area contributed by atoms with Gasteiger partial charge in [-0.1, -0.05) is 48.8 Å². The van der Waals surface area contributed by atoms with Crippen LogP contribution >= 0.6 is 15.9 Å². The number of rotatable bonds is 4. The van der Waals surface area contributed by atoms with Gasteiger partial charge in [0.2, 0.25) is 10.0 Å². The molecule has 0 amide bonds. The van der Waals surface area contributed by atoms with Gasteiger partial charge in [-0.25, -0.2) is 12.7 Å². The molecule has 0 fully saturated rings. The number of sulfonamides is 1. The summed E-state index contributed by atoms with van der Waals surface area (Å²) in [5.41, 5.74) is 1.31. The lowest BCUT2D eigenvalue weighted by Gasteiger charge is -2.25. The Morgan fingerprint density at radius 1 is 1.16 bits per heavy atom. The molecule has 0 aliphatic carbocycles. The highest BCUT2D eigenvalue weighted by Crippen LogP contribution is 2.29. The Kier molecular flexibility index (Phi) is 5.21. The summed E-state index contributed by atoms with van der Waals surface area (Å²) < 4.78 is 25.1. The van der Waals surface area contributed by atoms with E-state index >= 15 is 0 Å². The van der Waals surface area contributed by atoms with Crippen LogP contribution in [0.1, 0.15) is 26.3 Å². The number of nitrogens with zero attached hydrogens (tertiary/aromatic N) is 1. The van der Waals surface area contributed by atoms with Crippen LogP contribution in [0.15, 0.2) is 29.2 Å². The van der Waals surface area contributed by atoms with E-state index in [9.17, 15) is 8.42 Å². The van der Waals surface area contributed by atoms with Crippen molar-refractivity contribution in [2.75, 3.05) is 14.1 Å². The first-order valence-electron chi connectivity index (χ1n) is 6.20. The van der Waals surface area contributed by atoms with Gasteiger partial charge >= 0.3 is 0 Å². The number of benzene rings is 1. The number of alkyl halides is 1. The summed E-state index contributed by atoms with van der Waals surface area (Å²) in [6, 6.07) is 7.12. The van der Waals surface area contributed by atoms with Crippen molar-refractivity contribution in [1.82, 2.24) is 4.31 Å². The van der Waals surface area contributed by atoms with Crippen molar-refractivity contribution in [2.45, 2.75) is 36.9 Å². The Hall–Kier alpha value is -0.390. The lowest BCUT2D eigenvalue weighted by molar-refractivity contribution is 0.398. The smallest absolute Gasteiger partial charge is 0.207 e. The minimum Gasteiger partial charge on any atom is -0.207 e. The predicted molar refractivity (Wildman–Crippen MR) is 83.2 cm³/mol. The molecule has 0 spiro atoms. The third-order valence-electron chi connectivity index (χ3n) is 3.06. The molecule has 1 rings (SSSR count). The molecule has 0 saturated carbocycles. The minimum absolute atomic E-state index is 0.175. The standard InChI is InChI=1S/C14H22BrNO2S/c1-14(2,3)13(15)10-11-6-8-12(9-7-11)19(17,18)16(4)5/h6-9,13H,10H2,1-5H3. The van der Waals surface area contributed by atoms with Crippen LogP contribution in [0.5, 0.6) is 0 Å². The molecule has 0 saturated heterocycles. The molecule has 0 aliphatic rings. The molecule has 0 aliphatic heterocycles. The average Bonchev–Trinajstić information content (AvgIpc) is 2.28. The van der Waals surface area contributed by atoms with Crippen molar-refractivity contribution in [3.63, 3.8) is 0 Å². The monoisotopic (exact) mass is 347 g/mol. The third kappa shape index (κ3) is 4.29. The highest BCUT2D eigenvalue weighted by molar-refractivity contribution is 9.09. The highest BCUT2D eigenvalue weighted by atomic mass is 79.9. The van der Waals surface area contributed by atoms with Crippen LogP contribution in [0, 0.1) is 5.41 Å². The van der Waals surface area contributed by atoms with Crippen molar-refractivity contribution >= 4 is 26.0 Å². The van der Waals surface area contributed by atoms with Gasteiger partial charge < -0.3 is 0 Å². The van der Waals surface area contributed by atoms with Crippen LogP contribution in [-0.4, -0.2) is 31.6 Å². The van der Waals surface area contributed by atoms with E-state index in [1.165, 1.54) is 18.4 Å². The summed E-state index contributed by atoms with van der Waals surface area (Å²) in [5.74, 6) is 0. The minimum atomic E-state index is -3.33. The average molecular weight is 348 g/mol. The zero-order valence-corrected chi connectivity index (χ0v) is 14.5. The second-order valence-corrected chi connectivity index (χ2v) is 9.23. The molecule has 3 nitrogen and oxygen atoms in total. The number of hydrogen-bond acceptors (Lipinski definition) is 2. The maximum absolute atomic E-state index is 11.9. The maximum atomic E-state index is 11.9. The van der Waals surface area contributed by atoms with Crippen LogP contribution in [0.25, 0.3) is 0 Å². The van der Waals surface area contributed by atoms with E-state index in [0.717, 1.165) is 12.0 Å². The van der Waals surface area contributed by atoms with Crippen LogP contribution in [-0.2, 0) is 16.4 Å². The van der Waals surface area contributed by atoms with Gasteiger partial charge in [-0.05, 0) is 29.5 Å². The Balaban J connectivity index is 2.90. The largest absolute Gasteiger partial charge is 0.242 e. The number of hydrogen-bond donors (Lipinski definition) is 0. The Bertz CT molecular complexity index is 515. The van der Waals surface area contributed by atoms with Crippen molar-refractivity contribution < 1.29 is 8.42 Å². The van der Waals surface area contributed by atoms with Crippen LogP contribution in [0.2, 0.25) is 0 Å². The summed E-state index contributed by atoms with van der Waals surface area (Å²) >= 11 is 3.69. The maximum Gasteiger partial charge on any atom is 0.242 e. The second kappa shape index (κ2) is 5.94. The normalized spacial score (nSPS) is 14.7. The molecule has 1 aromatic rings. The SMILES string of the molecule is CN(C)S(=O)(=O)c1ccc(CC(Br)C(C)(C)C)cc1. The summed E-state index contributed by atoms with van der Waals surface area (Å²) in [6.45, 7) is 6.53. The fourth-order valence-electron chi connectivity index (χ4n) is 1.52. The molecule has 19 heavy (non-hydrogen) atoms. The Labute approximate surface area is 125 Å². The molecule has 108 valence electrons. The lowest BCUT2D eigenvalue weighted by atomic mass is 9.88. The van der Waals surface area contributed by atoms with Crippen molar-refractivity contribution in [3.05, 3.63) is 29.8 Å².